The Labute approximate surface area is 513 Å². The van der Waals surface area contributed by atoms with Crippen molar-refractivity contribution in [3.63, 3.8) is 0 Å². The number of para-hydroxylation sites is 4. The van der Waals surface area contributed by atoms with Crippen molar-refractivity contribution in [2.75, 3.05) is 0 Å². The van der Waals surface area contributed by atoms with Gasteiger partial charge in [0.2, 0.25) is 5.95 Å². The second-order valence-electron chi connectivity index (χ2n) is 23.2. The van der Waals surface area contributed by atoms with E-state index in [9.17, 15) is 0 Å². The van der Waals surface area contributed by atoms with Gasteiger partial charge in [-0.25, -0.2) is 4.98 Å². The molecule has 0 radical (unpaired) electrons. The lowest BCUT2D eigenvalue weighted by atomic mass is 9.95. The molecular weight excluding hydrogens is 1100 g/mol. The number of aromatic nitrogens is 7. The number of hydrogen-bond acceptors (Lipinski definition) is 7. The Hall–Kier alpha value is -12.3. The van der Waals surface area contributed by atoms with Gasteiger partial charge in [0.05, 0.1) is 33.1 Å². The zero-order valence-electron chi connectivity index (χ0n) is 48.1. The highest BCUT2D eigenvalue weighted by atomic mass is 16.3. The molecule has 0 bridgehead atoms. The first-order valence-electron chi connectivity index (χ1n) is 30.2. The van der Waals surface area contributed by atoms with E-state index in [1.165, 1.54) is 0 Å². The van der Waals surface area contributed by atoms with Crippen molar-refractivity contribution in [3.8, 4) is 78.9 Å². The normalized spacial score (nSPS) is 12.0. The number of pyridine rings is 2. The average molecular weight is 1150 g/mol. The maximum absolute atomic E-state index is 6.56. The summed E-state index contributed by atoms with van der Waals surface area (Å²) in [5.74, 6) is 1.50. The molecule has 19 aromatic rings. The van der Waals surface area contributed by atoms with E-state index in [0.29, 0.717) is 17.6 Å². The lowest BCUT2D eigenvalue weighted by Crippen LogP contribution is -2.06. The molecule has 7 heterocycles. The van der Waals surface area contributed by atoms with Crippen LogP contribution in [-0.4, -0.2) is 34.1 Å². The second kappa shape index (κ2) is 19.6. The van der Waals surface area contributed by atoms with Crippen LogP contribution in [0.4, 0.5) is 0 Å². The highest BCUT2D eigenvalue weighted by Crippen LogP contribution is 2.45. The first kappa shape index (κ1) is 49.9. The minimum atomic E-state index is 0.486. The smallest absolute Gasteiger partial charge is 0.238 e. The number of hydrogen-bond donors (Lipinski definition) is 0. The van der Waals surface area contributed by atoms with E-state index < -0.39 is 0 Å². The molecule has 90 heavy (non-hydrogen) atoms. The fourth-order valence-corrected chi connectivity index (χ4v) is 13.7. The largest absolute Gasteiger partial charge is 0.456 e. The zero-order chi connectivity index (χ0) is 59.0. The van der Waals surface area contributed by atoms with Gasteiger partial charge in [-0.15, -0.1) is 0 Å². The highest BCUT2D eigenvalue weighted by Gasteiger charge is 2.25. The van der Waals surface area contributed by atoms with Crippen LogP contribution < -0.4 is 0 Å². The summed E-state index contributed by atoms with van der Waals surface area (Å²) in [6, 6.07) is 96.7. The van der Waals surface area contributed by atoms with Crippen LogP contribution in [-0.2, 0) is 0 Å². The van der Waals surface area contributed by atoms with Gasteiger partial charge in [-0.1, -0.05) is 158 Å². The van der Waals surface area contributed by atoms with Crippen LogP contribution in [0.3, 0.4) is 0 Å². The summed E-state index contributed by atoms with van der Waals surface area (Å²) in [5.41, 5.74) is 20.7. The van der Waals surface area contributed by atoms with Crippen molar-refractivity contribution in [2.45, 2.75) is 0 Å². The summed E-state index contributed by atoms with van der Waals surface area (Å²) in [4.78, 5) is 25.7. The molecule has 0 atom stereocenters. The van der Waals surface area contributed by atoms with E-state index in [1.807, 2.05) is 48.8 Å². The van der Waals surface area contributed by atoms with Crippen LogP contribution >= 0.6 is 0 Å². The van der Waals surface area contributed by atoms with Crippen molar-refractivity contribution >= 4 is 109 Å². The molecule has 418 valence electrons. The number of nitrogens with zero attached hydrogens (tertiary/aromatic N) is 7. The van der Waals surface area contributed by atoms with Gasteiger partial charge in [0.1, 0.15) is 22.3 Å². The van der Waals surface area contributed by atoms with Gasteiger partial charge in [0.25, 0.3) is 0 Å². The van der Waals surface area contributed by atoms with E-state index >= 15 is 0 Å². The van der Waals surface area contributed by atoms with Crippen molar-refractivity contribution in [1.29, 1.82) is 0 Å². The Kier molecular flexibility index (Phi) is 10.9. The lowest BCUT2D eigenvalue weighted by Gasteiger charge is -2.14. The molecule has 0 fully saturated rings. The molecule has 9 heteroatoms. The summed E-state index contributed by atoms with van der Waals surface area (Å²) < 4.78 is 17.8. The molecule has 0 saturated carbocycles. The van der Waals surface area contributed by atoms with Gasteiger partial charge < -0.3 is 13.4 Å². The molecule has 0 saturated heterocycles. The molecule has 0 spiro atoms. The molecule has 7 aromatic heterocycles. The first-order chi connectivity index (χ1) is 44.5. The molecule has 0 aliphatic heterocycles. The highest BCUT2D eigenvalue weighted by molar-refractivity contribution is 6.29. The van der Waals surface area contributed by atoms with E-state index in [0.717, 1.165) is 171 Å². The second-order valence-corrected chi connectivity index (χ2v) is 23.2. The Morgan fingerprint density at radius 2 is 0.656 bits per heavy atom. The summed E-state index contributed by atoms with van der Waals surface area (Å²) in [7, 11) is 0. The van der Waals surface area contributed by atoms with Crippen molar-refractivity contribution < 1.29 is 8.83 Å². The fraction of sp³-hybridized carbons (Fsp3) is 0. The maximum Gasteiger partial charge on any atom is 0.238 e. The topological polar surface area (TPSA) is 101 Å². The molecule has 12 aromatic carbocycles. The van der Waals surface area contributed by atoms with Crippen LogP contribution in [0.15, 0.2) is 294 Å². The SMILES string of the molecule is c1ccc(-c2ccc3oc4ccc(-c5cc(-c6ccc7oc8ccc(-c9ccccc9)cc8c7c6)cc(-n6c7ccccc7c7c8c9ccccc9n(-c9nc(-c%10cnc%11ccccc%11c%10)nc(-c%10cnc%11ccccc%11c%10)n9)c8ccc76)c5)cc4c3c2)cc1. The number of furan rings is 2. The van der Waals surface area contributed by atoms with E-state index in [1.54, 1.807) is 0 Å². The van der Waals surface area contributed by atoms with E-state index in [4.69, 9.17) is 33.8 Å². The quantitative estimate of drug-likeness (QED) is 0.149. The Bertz CT molecular complexity index is 5900. The van der Waals surface area contributed by atoms with Crippen molar-refractivity contribution in [3.05, 3.63) is 285 Å². The van der Waals surface area contributed by atoms with Gasteiger partial charge in [-0.3, -0.25) is 14.5 Å². The van der Waals surface area contributed by atoms with Crippen molar-refractivity contribution in [1.82, 2.24) is 34.1 Å². The number of fused-ring (bicyclic) bond motifs is 15. The zero-order valence-corrected chi connectivity index (χ0v) is 48.1. The molecular formula is C81H47N7O2. The summed E-state index contributed by atoms with van der Waals surface area (Å²) in [5, 5.41) is 10.7. The summed E-state index contributed by atoms with van der Waals surface area (Å²) in [6.45, 7) is 0. The number of rotatable bonds is 8. The van der Waals surface area contributed by atoms with Crippen LogP contribution in [0, 0.1) is 0 Å². The van der Waals surface area contributed by atoms with Gasteiger partial charge in [-0.05, 0) is 160 Å². The van der Waals surface area contributed by atoms with E-state index in [2.05, 4.69) is 246 Å². The molecule has 0 amide bonds. The van der Waals surface area contributed by atoms with Gasteiger partial charge in [0.15, 0.2) is 11.6 Å². The fourth-order valence-electron chi connectivity index (χ4n) is 13.7. The van der Waals surface area contributed by atoms with Gasteiger partial charge >= 0.3 is 0 Å². The third-order valence-corrected chi connectivity index (χ3v) is 18.0. The van der Waals surface area contributed by atoms with E-state index in [-0.39, 0.29) is 0 Å². The Balaban J connectivity index is 0.839. The standard InChI is InChI=1S/C81H47N7O2/c1-3-15-48(16-4-1)50-27-33-73-63(42-50)65-44-52(29-35-75(65)89-73)56-39-57(53-30-36-76-66(45-53)64-43-51(28-34-74(64)90-76)49-17-5-2-6-18-49)41-60(40-56)87-69-25-13-9-21-61(69)77-71(87)31-32-72-78(77)62-22-10-14-26-70(62)88(72)81-85-79(58-37-54-19-7-11-23-67(54)82-46-58)84-80(86-81)59-38-55-20-8-12-24-68(55)83-47-59/h1-47H. The molecule has 9 nitrogen and oxygen atoms in total. The van der Waals surface area contributed by atoms with Crippen LogP contribution in [0.5, 0.6) is 0 Å². The third kappa shape index (κ3) is 7.93. The minimum Gasteiger partial charge on any atom is -0.456 e. The van der Waals surface area contributed by atoms with Gasteiger partial charge in [-0.2, -0.15) is 9.97 Å². The maximum atomic E-state index is 6.56. The first-order valence-corrected chi connectivity index (χ1v) is 30.2. The molecule has 19 rings (SSSR count). The predicted molar refractivity (Wildman–Crippen MR) is 366 cm³/mol. The van der Waals surface area contributed by atoms with Crippen LogP contribution in [0.25, 0.3) is 188 Å². The molecule has 0 unspecified atom stereocenters. The lowest BCUT2D eigenvalue weighted by molar-refractivity contribution is 0.668. The summed E-state index contributed by atoms with van der Waals surface area (Å²) in [6.07, 6.45) is 3.71. The van der Waals surface area contributed by atoms with Gasteiger partial charge in [0, 0.05) is 83.1 Å². The predicted octanol–water partition coefficient (Wildman–Crippen LogP) is 21.0. The molecule has 0 N–H and O–H groups in total. The Morgan fingerprint density at radius 3 is 1.13 bits per heavy atom. The monoisotopic (exact) mass is 1150 g/mol. The summed E-state index contributed by atoms with van der Waals surface area (Å²) >= 11 is 0. The Morgan fingerprint density at radius 1 is 0.256 bits per heavy atom. The number of benzene rings is 12. The van der Waals surface area contributed by atoms with Crippen molar-refractivity contribution in [2.24, 2.45) is 0 Å². The van der Waals surface area contributed by atoms with Crippen LogP contribution in [0.2, 0.25) is 0 Å². The third-order valence-electron chi connectivity index (χ3n) is 18.0. The van der Waals surface area contributed by atoms with Crippen LogP contribution in [0.1, 0.15) is 0 Å². The minimum absolute atomic E-state index is 0.486. The molecule has 0 aliphatic carbocycles. The average Bonchev–Trinajstić information content (AvgIpc) is 1.56. The molecule has 0 aliphatic rings.